The Hall–Kier alpha value is -1.06. The number of hydrogen-bond donors (Lipinski definition) is 0. The summed E-state index contributed by atoms with van der Waals surface area (Å²) >= 11 is 0. The van der Waals surface area contributed by atoms with Gasteiger partial charge >= 0.3 is 0 Å². The second kappa shape index (κ2) is 6.43. The summed E-state index contributed by atoms with van der Waals surface area (Å²) in [5, 5.41) is 0. The third kappa shape index (κ3) is 3.22. The van der Waals surface area contributed by atoms with Gasteiger partial charge in [-0.3, -0.25) is 0 Å². The maximum Gasteiger partial charge on any atom is 0.239 e. The summed E-state index contributed by atoms with van der Waals surface area (Å²) in [6.45, 7) is 3.05. The minimum absolute atomic E-state index is 0.313. The molecule has 0 amide bonds. The summed E-state index contributed by atoms with van der Waals surface area (Å²) in [6.07, 6.45) is 0.741. The van der Waals surface area contributed by atoms with Crippen molar-refractivity contribution in [1.82, 2.24) is 0 Å². The fourth-order valence-corrected chi connectivity index (χ4v) is 1.57. The molecule has 0 heterocycles. The molecule has 0 saturated carbocycles. The van der Waals surface area contributed by atoms with E-state index in [2.05, 4.69) is 24.0 Å². The van der Waals surface area contributed by atoms with Gasteiger partial charge in [-0.2, -0.15) is 0 Å². The molecule has 0 atom stereocenters. The molecule has 0 saturated heterocycles. The molecule has 0 N–H and O–H groups in total. The monoisotopic (exact) mass is 209 g/mol. The van der Waals surface area contributed by atoms with Crippen LogP contribution in [0.25, 0.3) is 0 Å². The quantitative estimate of drug-likeness (QED) is 0.672. The molecule has 1 aromatic carbocycles. The number of hydrogen-bond acceptors (Lipinski definition) is 3. The topological polar surface area (TPSA) is 21.7 Å². The van der Waals surface area contributed by atoms with Crippen LogP contribution in [0.1, 0.15) is 13.3 Å². The van der Waals surface area contributed by atoms with Gasteiger partial charge < -0.3 is 14.4 Å². The zero-order valence-electron chi connectivity index (χ0n) is 9.64. The number of anilines is 1. The largest absolute Gasteiger partial charge is 0.339 e. The van der Waals surface area contributed by atoms with Crippen molar-refractivity contribution in [2.24, 2.45) is 0 Å². The zero-order chi connectivity index (χ0) is 11.1. The van der Waals surface area contributed by atoms with Crippen molar-refractivity contribution < 1.29 is 9.47 Å². The van der Waals surface area contributed by atoms with E-state index in [1.54, 1.807) is 14.2 Å². The van der Waals surface area contributed by atoms with E-state index in [-0.39, 0.29) is 6.41 Å². The Kier molecular flexibility index (Phi) is 5.15. The third-order valence-corrected chi connectivity index (χ3v) is 2.21. The molecule has 0 radical (unpaired) electrons. The number of methoxy groups -OCH3 is 2. The lowest BCUT2D eigenvalue weighted by Gasteiger charge is -2.30. The molecule has 0 unspecified atom stereocenters. The molecule has 0 bridgehead atoms. The Morgan fingerprint density at radius 1 is 1.13 bits per heavy atom. The average Bonchev–Trinajstić information content (AvgIpc) is 2.30. The molecule has 0 aliphatic rings. The molecule has 3 heteroatoms. The van der Waals surface area contributed by atoms with E-state index in [0.29, 0.717) is 0 Å². The first-order valence-corrected chi connectivity index (χ1v) is 5.20. The van der Waals surface area contributed by atoms with Crippen molar-refractivity contribution in [1.29, 1.82) is 0 Å². The molecule has 1 rings (SSSR count). The van der Waals surface area contributed by atoms with Crippen LogP contribution >= 0.6 is 0 Å². The minimum atomic E-state index is -0.313. The Bertz CT molecular complexity index is 260. The van der Waals surface area contributed by atoms with Gasteiger partial charge in [0.1, 0.15) is 0 Å². The molecule has 15 heavy (non-hydrogen) atoms. The first kappa shape index (κ1) is 12.0. The number of rotatable bonds is 6. The maximum atomic E-state index is 5.27. The number of benzene rings is 1. The fourth-order valence-electron chi connectivity index (χ4n) is 1.57. The van der Waals surface area contributed by atoms with E-state index in [9.17, 15) is 0 Å². The predicted octanol–water partition coefficient (Wildman–Crippen LogP) is 2.48. The summed E-state index contributed by atoms with van der Waals surface area (Å²) in [7, 11) is 3.31. The second-order valence-electron chi connectivity index (χ2n) is 3.31. The van der Waals surface area contributed by atoms with Crippen LogP contribution in [-0.4, -0.2) is 27.2 Å². The number of ether oxygens (including phenoxy) is 2. The van der Waals surface area contributed by atoms with Crippen LogP contribution in [0.4, 0.5) is 5.69 Å². The second-order valence-corrected chi connectivity index (χ2v) is 3.31. The Morgan fingerprint density at radius 3 is 2.20 bits per heavy atom. The van der Waals surface area contributed by atoms with E-state index in [0.717, 1.165) is 18.7 Å². The summed E-state index contributed by atoms with van der Waals surface area (Å²) in [5.74, 6) is 0. The molecule has 1 aromatic rings. The van der Waals surface area contributed by atoms with Gasteiger partial charge in [-0.15, -0.1) is 0 Å². The van der Waals surface area contributed by atoms with Crippen LogP contribution in [0.2, 0.25) is 0 Å². The average molecular weight is 209 g/mol. The summed E-state index contributed by atoms with van der Waals surface area (Å²) in [4.78, 5) is 2.10. The van der Waals surface area contributed by atoms with Crippen molar-refractivity contribution in [3.05, 3.63) is 30.3 Å². The van der Waals surface area contributed by atoms with Crippen LogP contribution in [0, 0.1) is 0 Å². The van der Waals surface area contributed by atoms with E-state index in [4.69, 9.17) is 9.47 Å². The van der Waals surface area contributed by atoms with Crippen molar-refractivity contribution in [2.45, 2.75) is 19.8 Å². The molecule has 0 aromatic heterocycles. The first-order valence-electron chi connectivity index (χ1n) is 5.20. The van der Waals surface area contributed by atoms with Crippen LogP contribution in [0.3, 0.4) is 0 Å². The highest BCUT2D eigenvalue weighted by Crippen LogP contribution is 2.17. The molecule has 84 valence electrons. The highest BCUT2D eigenvalue weighted by Gasteiger charge is 2.16. The lowest BCUT2D eigenvalue weighted by molar-refractivity contribution is -0.102. The van der Waals surface area contributed by atoms with Gasteiger partial charge in [-0.1, -0.05) is 25.1 Å². The Balaban J connectivity index is 2.81. The van der Waals surface area contributed by atoms with Crippen LogP contribution < -0.4 is 4.90 Å². The van der Waals surface area contributed by atoms with Gasteiger partial charge in [0.25, 0.3) is 0 Å². The van der Waals surface area contributed by atoms with Gasteiger partial charge in [0.2, 0.25) is 6.41 Å². The van der Waals surface area contributed by atoms with Gasteiger partial charge in [0.15, 0.2) is 0 Å². The number of nitrogens with zero attached hydrogens (tertiary/aromatic N) is 1. The fraction of sp³-hybridized carbons (Fsp3) is 0.500. The van der Waals surface area contributed by atoms with Gasteiger partial charge in [-0.05, 0) is 18.6 Å². The molecular formula is C12H19NO2. The molecule has 0 aliphatic carbocycles. The third-order valence-electron chi connectivity index (χ3n) is 2.21. The van der Waals surface area contributed by atoms with Gasteiger partial charge in [-0.25, -0.2) is 0 Å². The van der Waals surface area contributed by atoms with E-state index < -0.39 is 0 Å². The number of para-hydroxylation sites is 1. The van der Waals surface area contributed by atoms with Crippen LogP contribution in [-0.2, 0) is 9.47 Å². The zero-order valence-corrected chi connectivity index (χ0v) is 9.64. The Labute approximate surface area is 91.6 Å². The SMILES string of the molecule is CCCN(c1ccccc1)C(OC)OC. The summed E-state index contributed by atoms with van der Waals surface area (Å²) in [5.41, 5.74) is 1.12. The lowest BCUT2D eigenvalue weighted by atomic mass is 10.3. The van der Waals surface area contributed by atoms with Crippen LogP contribution in [0.15, 0.2) is 30.3 Å². The van der Waals surface area contributed by atoms with Gasteiger partial charge in [0, 0.05) is 26.5 Å². The van der Waals surface area contributed by atoms with Crippen molar-refractivity contribution in [3.63, 3.8) is 0 Å². The molecule has 3 nitrogen and oxygen atoms in total. The van der Waals surface area contributed by atoms with Crippen LogP contribution in [0.5, 0.6) is 0 Å². The highest BCUT2D eigenvalue weighted by atomic mass is 16.7. The van der Waals surface area contributed by atoms with E-state index in [1.807, 2.05) is 18.2 Å². The molecule has 0 fully saturated rings. The minimum Gasteiger partial charge on any atom is -0.339 e. The molecule has 0 aliphatic heterocycles. The van der Waals surface area contributed by atoms with E-state index >= 15 is 0 Å². The smallest absolute Gasteiger partial charge is 0.239 e. The van der Waals surface area contributed by atoms with Crippen molar-refractivity contribution in [3.8, 4) is 0 Å². The highest BCUT2D eigenvalue weighted by molar-refractivity contribution is 5.45. The predicted molar refractivity (Wildman–Crippen MR) is 61.9 cm³/mol. The van der Waals surface area contributed by atoms with Crippen molar-refractivity contribution >= 4 is 5.69 Å². The molecular weight excluding hydrogens is 190 g/mol. The normalized spacial score (nSPS) is 10.7. The lowest BCUT2D eigenvalue weighted by Crippen LogP contribution is -2.38. The summed E-state index contributed by atoms with van der Waals surface area (Å²) < 4.78 is 10.5. The maximum absolute atomic E-state index is 5.27. The molecule has 0 spiro atoms. The Morgan fingerprint density at radius 2 is 1.73 bits per heavy atom. The standard InChI is InChI=1S/C12H19NO2/c1-4-10-13(12(14-2)15-3)11-8-6-5-7-9-11/h5-9,12H,4,10H2,1-3H3. The van der Waals surface area contributed by atoms with Gasteiger partial charge in [0.05, 0.1) is 0 Å². The van der Waals surface area contributed by atoms with E-state index in [1.165, 1.54) is 0 Å². The first-order chi connectivity index (χ1) is 7.33. The van der Waals surface area contributed by atoms with Crippen molar-refractivity contribution in [2.75, 3.05) is 25.7 Å². The summed E-state index contributed by atoms with van der Waals surface area (Å²) in [6, 6.07) is 10.1.